The number of carbonyl (C=O) groups is 1. The molecule has 2 unspecified atom stereocenters. The van der Waals surface area contributed by atoms with Crippen LogP contribution in [0.5, 0.6) is 0 Å². The Labute approximate surface area is 132 Å². The van der Waals surface area contributed by atoms with Gasteiger partial charge in [0, 0.05) is 13.5 Å². The second kappa shape index (κ2) is 6.19. The summed E-state index contributed by atoms with van der Waals surface area (Å²) in [6.07, 6.45) is 3.75. The van der Waals surface area contributed by atoms with E-state index in [2.05, 4.69) is 15.5 Å². The first-order valence-corrected chi connectivity index (χ1v) is 9.48. The summed E-state index contributed by atoms with van der Waals surface area (Å²) in [6.45, 7) is 2.07. The maximum Gasteiger partial charge on any atom is 0.272 e. The van der Waals surface area contributed by atoms with Crippen LogP contribution in [-0.4, -0.2) is 54.1 Å². The first kappa shape index (κ1) is 15.8. The Morgan fingerprint density at radius 2 is 2.14 bits per heavy atom. The molecule has 8 nitrogen and oxygen atoms in total. The summed E-state index contributed by atoms with van der Waals surface area (Å²) < 4.78 is 32.7. The van der Waals surface area contributed by atoms with Crippen LogP contribution in [-0.2, 0) is 19.6 Å². The highest BCUT2D eigenvalue weighted by molar-refractivity contribution is 7.91. The molecular weight excluding hydrogens is 328 g/mol. The lowest BCUT2D eigenvalue weighted by Gasteiger charge is -2.42. The van der Waals surface area contributed by atoms with Crippen molar-refractivity contribution in [3.63, 3.8) is 0 Å². The van der Waals surface area contributed by atoms with Crippen molar-refractivity contribution in [1.82, 2.24) is 14.5 Å². The van der Waals surface area contributed by atoms with E-state index < -0.39 is 10.0 Å². The fourth-order valence-corrected chi connectivity index (χ4v) is 5.70. The van der Waals surface area contributed by atoms with Gasteiger partial charge in [0.1, 0.15) is 0 Å². The Balaban J connectivity index is 1.85. The number of rotatable bonds is 3. The van der Waals surface area contributed by atoms with Crippen molar-refractivity contribution in [2.75, 3.05) is 18.5 Å². The summed E-state index contributed by atoms with van der Waals surface area (Å²) in [5.41, 5.74) is 0. The van der Waals surface area contributed by atoms with Crippen LogP contribution in [0.1, 0.15) is 32.6 Å². The summed E-state index contributed by atoms with van der Waals surface area (Å²) in [7, 11) is -3.70. The number of sulfonamides is 1. The molecule has 3 rings (SSSR count). The molecule has 10 heteroatoms. The van der Waals surface area contributed by atoms with Crippen LogP contribution in [0.15, 0.2) is 4.34 Å². The SMILES string of the molecule is CC(=O)Nc1nnc(S(=O)(=O)N2CCOC3CCCCC32)s1. The van der Waals surface area contributed by atoms with Crippen LogP contribution in [0, 0.1) is 0 Å². The Kier molecular flexibility index (Phi) is 4.44. The van der Waals surface area contributed by atoms with E-state index in [0.717, 1.165) is 37.0 Å². The van der Waals surface area contributed by atoms with E-state index in [4.69, 9.17) is 4.74 Å². The number of ether oxygens (including phenoxy) is 1. The van der Waals surface area contributed by atoms with E-state index in [1.54, 1.807) is 0 Å². The lowest BCUT2D eigenvalue weighted by atomic mass is 9.91. The van der Waals surface area contributed by atoms with Gasteiger partial charge in [0.2, 0.25) is 15.4 Å². The normalized spacial score (nSPS) is 26.4. The number of amides is 1. The first-order valence-electron chi connectivity index (χ1n) is 7.23. The molecule has 1 saturated carbocycles. The number of anilines is 1. The summed E-state index contributed by atoms with van der Waals surface area (Å²) in [6, 6.07) is -0.124. The molecule has 1 amide bonds. The molecule has 0 radical (unpaired) electrons. The Hall–Kier alpha value is -1.10. The zero-order valence-electron chi connectivity index (χ0n) is 12.2. The fraction of sp³-hybridized carbons (Fsp3) is 0.750. The topological polar surface area (TPSA) is 101 Å². The predicted octanol–water partition coefficient (Wildman–Crippen LogP) is 0.829. The van der Waals surface area contributed by atoms with Crippen LogP contribution < -0.4 is 5.32 Å². The number of hydrogen-bond acceptors (Lipinski definition) is 7. The van der Waals surface area contributed by atoms with Crippen LogP contribution >= 0.6 is 11.3 Å². The van der Waals surface area contributed by atoms with Gasteiger partial charge in [-0.2, -0.15) is 4.31 Å². The Morgan fingerprint density at radius 3 is 2.91 bits per heavy atom. The molecule has 1 saturated heterocycles. The second-order valence-corrected chi connectivity index (χ2v) is 8.47. The number of aromatic nitrogens is 2. The molecule has 1 N–H and O–H groups in total. The summed E-state index contributed by atoms with van der Waals surface area (Å²) in [4.78, 5) is 11.0. The van der Waals surface area contributed by atoms with Crippen molar-refractivity contribution in [3.05, 3.63) is 0 Å². The number of morpholine rings is 1. The summed E-state index contributed by atoms with van der Waals surface area (Å²) >= 11 is 0.877. The van der Waals surface area contributed by atoms with E-state index in [9.17, 15) is 13.2 Å². The standard InChI is InChI=1S/C12H18N4O4S2/c1-8(17)13-11-14-15-12(21-11)22(18,19)16-6-7-20-10-5-3-2-4-9(10)16/h9-10H,2-7H2,1H3,(H,13,14,17). The molecule has 0 aromatic carbocycles. The maximum absolute atomic E-state index is 12.8. The molecule has 2 aliphatic rings. The van der Waals surface area contributed by atoms with Gasteiger partial charge >= 0.3 is 0 Å². The third kappa shape index (κ3) is 3.00. The quantitative estimate of drug-likeness (QED) is 0.814. The number of fused-ring (bicyclic) bond motifs is 1. The molecule has 122 valence electrons. The number of nitrogens with zero attached hydrogens (tertiary/aromatic N) is 3. The highest BCUT2D eigenvalue weighted by Crippen LogP contribution is 2.33. The zero-order chi connectivity index (χ0) is 15.7. The largest absolute Gasteiger partial charge is 0.375 e. The molecule has 0 spiro atoms. The van der Waals surface area contributed by atoms with E-state index in [-0.39, 0.29) is 27.5 Å². The number of carbonyl (C=O) groups excluding carboxylic acids is 1. The van der Waals surface area contributed by atoms with Gasteiger partial charge in [-0.05, 0) is 12.8 Å². The molecule has 2 fully saturated rings. The monoisotopic (exact) mass is 346 g/mol. The minimum absolute atomic E-state index is 0.0278. The van der Waals surface area contributed by atoms with Crippen LogP contribution in [0.4, 0.5) is 5.13 Å². The molecule has 1 aliphatic heterocycles. The highest BCUT2D eigenvalue weighted by atomic mass is 32.2. The van der Waals surface area contributed by atoms with Gasteiger partial charge in [-0.25, -0.2) is 8.42 Å². The third-order valence-corrected chi connectivity index (χ3v) is 7.01. The molecule has 22 heavy (non-hydrogen) atoms. The summed E-state index contributed by atoms with van der Waals surface area (Å²) in [5.74, 6) is -0.307. The van der Waals surface area contributed by atoms with Gasteiger partial charge in [-0.1, -0.05) is 24.2 Å². The zero-order valence-corrected chi connectivity index (χ0v) is 13.8. The van der Waals surface area contributed by atoms with E-state index in [1.165, 1.54) is 11.2 Å². The smallest absolute Gasteiger partial charge is 0.272 e. The maximum atomic E-state index is 12.8. The van der Waals surface area contributed by atoms with E-state index in [0.29, 0.717) is 13.2 Å². The highest BCUT2D eigenvalue weighted by Gasteiger charge is 2.42. The lowest BCUT2D eigenvalue weighted by molar-refractivity contribution is -0.114. The molecule has 2 atom stereocenters. The molecule has 2 heterocycles. The van der Waals surface area contributed by atoms with Crippen molar-refractivity contribution < 1.29 is 17.9 Å². The minimum atomic E-state index is -3.70. The Morgan fingerprint density at radius 1 is 1.36 bits per heavy atom. The van der Waals surface area contributed by atoms with Crippen molar-refractivity contribution >= 4 is 32.4 Å². The van der Waals surface area contributed by atoms with Crippen LogP contribution in [0.25, 0.3) is 0 Å². The van der Waals surface area contributed by atoms with E-state index in [1.807, 2.05) is 0 Å². The van der Waals surface area contributed by atoms with Gasteiger partial charge < -0.3 is 10.1 Å². The Bertz CT molecular complexity index is 658. The van der Waals surface area contributed by atoms with Crippen molar-refractivity contribution in [3.8, 4) is 0 Å². The van der Waals surface area contributed by atoms with Crippen LogP contribution in [0.2, 0.25) is 0 Å². The predicted molar refractivity (Wildman–Crippen MR) is 80.1 cm³/mol. The second-order valence-electron chi connectivity index (χ2n) is 5.43. The van der Waals surface area contributed by atoms with Gasteiger partial charge in [0.05, 0.1) is 18.8 Å². The van der Waals surface area contributed by atoms with Gasteiger partial charge in [-0.15, -0.1) is 10.2 Å². The van der Waals surface area contributed by atoms with Gasteiger partial charge in [0.25, 0.3) is 10.0 Å². The summed E-state index contributed by atoms with van der Waals surface area (Å²) in [5, 5.41) is 10.1. The number of nitrogens with one attached hydrogen (secondary N) is 1. The minimum Gasteiger partial charge on any atom is -0.375 e. The van der Waals surface area contributed by atoms with Crippen molar-refractivity contribution in [1.29, 1.82) is 0 Å². The number of hydrogen-bond donors (Lipinski definition) is 1. The van der Waals surface area contributed by atoms with Gasteiger partial charge in [-0.3, -0.25) is 4.79 Å². The molecule has 1 aromatic heterocycles. The molecular formula is C12H18N4O4S2. The molecule has 1 aromatic rings. The van der Waals surface area contributed by atoms with Gasteiger partial charge in [0.15, 0.2) is 0 Å². The van der Waals surface area contributed by atoms with Crippen molar-refractivity contribution in [2.24, 2.45) is 0 Å². The van der Waals surface area contributed by atoms with Crippen molar-refractivity contribution in [2.45, 2.75) is 49.1 Å². The lowest BCUT2D eigenvalue weighted by Crippen LogP contribution is -2.54. The van der Waals surface area contributed by atoms with Crippen LogP contribution in [0.3, 0.4) is 0 Å². The molecule has 0 bridgehead atoms. The molecule has 1 aliphatic carbocycles. The average molecular weight is 346 g/mol. The fourth-order valence-electron chi connectivity index (χ4n) is 2.97. The first-order chi connectivity index (χ1) is 10.5. The van der Waals surface area contributed by atoms with E-state index >= 15 is 0 Å². The average Bonchev–Trinajstić information content (AvgIpc) is 2.95. The third-order valence-electron chi connectivity index (χ3n) is 3.90.